The minimum Gasteiger partial charge on any atom is -0.323 e. The molecule has 0 saturated heterocycles. The molecule has 2 heteroatoms. The van der Waals surface area contributed by atoms with E-state index in [4.69, 9.17) is 0 Å². The number of hydrogen-bond donors (Lipinski definition) is 0. The van der Waals surface area contributed by atoms with E-state index in [1.165, 1.54) is 11.4 Å². The van der Waals surface area contributed by atoms with E-state index in [-0.39, 0.29) is 0 Å². The first-order valence-electron chi connectivity index (χ1n) is 4.97. The molecule has 0 aliphatic carbocycles. The van der Waals surface area contributed by atoms with Crippen molar-refractivity contribution in [2.45, 2.75) is 47.1 Å². The summed E-state index contributed by atoms with van der Waals surface area (Å²) >= 11 is 0. The topological polar surface area (TPSA) is 17.8 Å². The molecule has 0 spiro atoms. The largest absolute Gasteiger partial charge is 0.323 e. The smallest absolute Gasteiger partial charge is 0.177 e. The summed E-state index contributed by atoms with van der Waals surface area (Å²) in [7, 11) is 0. The van der Waals surface area contributed by atoms with Gasteiger partial charge in [0.25, 0.3) is 0 Å². The van der Waals surface area contributed by atoms with Gasteiger partial charge in [-0.25, -0.2) is 4.98 Å². The van der Waals surface area contributed by atoms with Gasteiger partial charge < -0.3 is 4.57 Å². The molecule has 73 valence electrons. The summed E-state index contributed by atoms with van der Waals surface area (Å²) in [6.45, 7) is 10.9. The Morgan fingerprint density at radius 3 is 2.31 bits per heavy atom. The summed E-state index contributed by atoms with van der Waals surface area (Å²) in [5, 5.41) is 0. The highest BCUT2D eigenvalue weighted by Crippen LogP contribution is 2.14. The maximum absolute atomic E-state index is 4.32. The SMILES string of the molecule is Cc1c(CC(C)C)n[c]n1C(C)C. The van der Waals surface area contributed by atoms with Crippen LogP contribution in [0, 0.1) is 19.2 Å². The van der Waals surface area contributed by atoms with Crippen molar-refractivity contribution in [3.63, 3.8) is 0 Å². The quantitative estimate of drug-likeness (QED) is 0.697. The molecule has 2 nitrogen and oxygen atoms in total. The molecule has 0 aliphatic rings. The van der Waals surface area contributed by atoms with E-state index in [9.17, 15) is 0 Å². The van der Waals surface area contributed by atoms with Gasteiger partial charge in [0.15, 0.2) is 6.33 Å². The van der Waals surface area contributed by atoms with Crippen LogP contribution in [0.5, 0.6) is 0 Å². The molecule has 1 radical (unpaired) electrons. The van der Waals surface area contributed by atoms with Crippen LogP contribution in [0.25, 0.3) is 0 Å². The van der Waals surface area contributed by atoms with Crippen LogP contribution in [0.2, 0.25) is 0 Å². The Hall–Kier alpha value is -0.790. The van der Waals surface area contributed by atoms with E-state index >= 15 is 0 Å². The Balaban J connectivity index is 2.86. The average molecular weight is 179 g/mol. The molecule has 0 fully saturated rings. The zero-order valence-corrected chi connectivity index (χ0v) is 9.26. The highest BCUT2D eigenvalue weighted by atomic mass is 15.1. The molecule has 13 heavy (non-hydrogen) atoms. The zero-order valence-electron chi connectivity index (χ0n) is 9.26. The highest BCUT2D eigenvalue weighted by molar-refractivity contribution is 5.11. The third kappa shape index (κ3) is 2.33. The van der Waals surface area contributed by atoms with E-state index in [1.54, 1.807) is 0 Å². The predicted molar refractivity (Wildman–Crippen MR) is 54.7 cm³/mol. The fraction of sp³-hybridized carbons (Fsp3) is 0.727. The van der Waals surface area contributed by atoms with Gasteiger partial charge in [-0.1, -0.05) is 13.8 Å². The third-order valence-electron chi connectivity index (χ3n) is 2.19. The average Bonchev–Trinajstić information content (AvgIpc) is 2.32. The van der Waals surface area contributed by atoms with Crippen LogP contribution in [0.3, 0.4) is 0 Å². The summed E-state index contributed by atoms with van der Waals surface area (Å²) in [5.41, 5.74) is 2.47. The number of nitrogens with zero attached hydrogens (tertiary/aromatic N) is 2. The zero-order chi connectivity index (χ0) is 10.0. The van der Waals surface area contributed by atoms with Crippen LogP contribution in [0.15, 0.2) is 0 Å². The molecule has 1 aromatic rings. The lowest BCUT2D eigenvalue weighted by Gasteiger charge is -2.09. The van der Waals surface area contributed by atoms with Crippen molar-refractivity contribution in [3.05, 3.63) is 17.7 Å². The first-order chi connectivity index (χ1) is 6.02. The number of imidazole rings is 1. The van der Waals surface area contributed by atoms with E-state index in [0.29, 0.717) is 12.0 Å². The molecule has 0 bridgehead atoms. The lowest BCUT2D eigenvalue weighted by atomic mass is 10.1. The van der Waals surface area contributed by atoms with E-state index in [1.807, 2.05) is 0 Å². The summed E-state index contributed by atoms with van der Waals surface area (Å²) in [6, 6.07) is 0.466. The lowest BCUT2D eigenvalue weighted by molar-refractivity contribution is 0.576. The molecule has 1 aromatic heterocycles. The van der Waals surface area contributed by atoms with Crippen LogP contribution >= 0.6 is 0 Å². The molecule has 0 aromatic carbocycles. The van der Waals surface area contributed by atoms with Gasteiger partial charge in [-0.05, 0) is 33.1 Å². The van der Waals surface area contributed by atoms with Gasteiger partial charge in [0.2, 0.25) is 0 Å². The van der Waals surface area contributed by atoms with Crippen LogP contribution in [-0.2, 0) is 6.42 Å². The predicted octanol–water partition coefficient (Wildman–Crippen LogP) is 2.77. The van der Waals surface area contributed by atoms with Crippen LogP contribution in [0.4, 0.5) is 0 Å². The molecule has 1 heterocycles. The molecular formula is C11H19N2. The standard InChI is InChI=1S/C11H19N2/c1-8(2)6-11-10(5)13(7-12-11)9(3)4/h8-9H,6H2,1-5H3. The maximum Gasteiger partial charge on any atom is 0.177 e. The van der Waals surface area contributed by atoms with Crippen molar-refractivity contribution in [2.75, 3.05) is 0 Å². The van der Waals surface area contributed by atoms with Gasteiger partial charge in [0.1, 0.15) is 0 Å². The Morgan fingerprint density at radius 2 is 1.92 bits per heavy atom. The van der Waals surface area contributed by atoms with Crippen molar-refractivity contribution < 1.29 is 0 Å². The van der Waals surface area contributed by atoms with Gasteiger partial charge in [-0.3, -0.25) is 0 Å². The van der Waals surface area contributed by atoms with Crippen molar-refractivity contribution in [1.82, 2.24) is 9.55 Å². The van der Waals surface area contributed by atoms with Gasteiger partial charge in [-0.15, -0.1) is 0 Å². The minimum atomic E-state index is 0.466. The lowest BCUT2D eigenvalue weighted by Crippen LogP contribution is -2.03. The first kappa shape index (κ1) is 10.3. The first-order valence-corrected chi connectivity index (χ1v) is 4.97. The van der Waals surface area contributed by atoms with Crippen molar-refractivity contribution in [3.8, 4) is 0 Å². The Kier molecular flexibility index (Phi) is 3.12. The van der Waals surface area contributed by atoms with Crippen molar-refractivity contribution >= 4 is 0 Å². The van der Waals surface area contributed by atoms with E-state index in [0.717, 1.165) is 6.42 Å². The molecule has 0 N–H and O–H groups in total. The second kappa shape index (κ2) is 3.95. The Bertz CT molecular complexity index is 272. The van der Waals surface area contributed by atoms with E-state index in [2.05, 4.69) is 50.5 Å². The van der Waals surface area contributed by atoms with Crippen molar-refractivity contribution in [2.24, 2.45) is 5.92 Å². The molecule has 1 rings (SSSR count). The number of rotatable bonds is 3. The summed E-state index contributed by atoms with van der Waals surface area (Å²) in [5.74, 6) is 0.669. The fourth-order valence-electron chi connectivity index (χ4n) is 1.49. The highest BCUT2D eigenvalue weighted by Gasteiger charge is 2.10. The summed E-state index contributed by atoms with van der Waals surface area (Å²) in [6.07, 6.45) is 4.10. The van der Waals surface area contributed by atoms with Gasteiger partial charge in [0, 0.05) is 11.7 Å². The van der Waals surface area contributed by atoms with Gasteiger partial charge in [-0.2, -0.15) is 0 Å². The Morgan fingerprint density at radius 1 is 1.31 bits per heavy atom. The molecule has 0 amide bonds. The molecule has 0 saturated carbocycles. The second-order valence-corrected chi connectivity index (χ2v) is 4.31. The summed E-state index contributed by atoms with van der Waals surface area (Å²) in [4.78, 5) is 4.32. The molecule has 0 aliphatic heterocycles. The third-order valence-corrected chi connectivity index (χ3v) is 2.19. The minimum absolute atomic E-state index is 0.466. The summed E-state index contributed by atoms with van der Waals surface area (Å²) < 4.78 is 2.11. The van der Waals surface area contributed by atoms with Crippen molar-refractivity contribution in [1.29, 1.82) is 0 Å². The molecular weight excluding hydrogens is 160 g/mol. The number of aromatic nitrogens is 2. The van der Waals surface area contributed by atoms with Crippen LogP contribution in [-0.4, -0.2) is 9.55 Å². The van der Waals surface area contributed by atoms with Gasteiger partial charge in [0.05, 0.1) is 5.69 Å². The number of hydrogen-bond acceptors (Lipinski definition) is 1. The van der Waals surface area contributed by atoms with Crippen LogP contribution in [0.1, 0.15) is 45.1 Å². The van der Waals surface area contributed by atoms with Gasteiger partial charge >= 0.3 is 0 Å². The normalized spacial score (nSPS) is 11.6. The fourth-order valence-corrected chi connectivity index (χ4v) is 1.49. The van der Waals surface area contributed by atoms with Crippen LogP contribution < -0.4 is 0 Å². The molecule has 0 atom stereocenters. The monoisotopic (exact) mass is 179 g/mol. The Labute approximate surface area is 81.0 Å². The van der Waals surface area contributed by atoms with E-state index < -0.39 is 0 Å². The maximum atomic E-state index is 4.32. The molecule has 0 unspecified atom stereocenters. The second-order valence-electron chi connectivity index (χ2n) is 4.31.